The number of morpholine rings is 1. The third-order valence-electron chi connectivity index (χ3n) is 6.27. The summed E-state index contributed by atoms with van der Waals surface area (Å²) in [7, 11) is -3.64. The lowest BCUT2D eigenvalue weighted by atomic mass is 9.93. The van der Waals surface area contributed by atoms with Gasteiger partial charge in [-0.05, 0) is 49.2 Å². The van der Waals surface area contributed by atoms with Gasteiger partial charge < -0.3 is 14.4 Å². The van der Waals surface area contributed by atoms with E-state index in [2.05, 4.69) is 0 Å². The second kappa shape index (κ2) is 11.1. The Balaban J connectivity index is 1.40. The van der Waals surface area contributed by atoms with Crippen LogP contribution in [-0.4, -0.2) is 63.6 Å². The van der Waals surface area contributed by atoms with Crippen molar-refractivity contribution in [1.82, 2.24) is 4.31 Å². The number of anilines is 1. The molecule has 4 rings (SSSR count). The van der Waals surface area contributed by atoms with Gasteiger partial charge in [0.1, 0.15) is 0 Å². The van der Waals surface area contributed by atoms with Crippen molar-refractivity contribution in [3.8, 4) is 0 Å². The van der Waals surface area contributed by atoms with Gasteiger partial charge in [0.25, 0.3) is 5.91 Å². The third-order valence-corrected chi connectivity index (χ3v) is 8.18. The Labute approximate surface area is 200 Å². The second-order valence-electron chi connectivity index (χ2n) is 8.51. The first-order valence-corrected chi connectivity index (χ1v) is 13.1. The molecule has 0 unspecified atom stereocenters. The average molecular weight is 487 g/mol. The number of hydrogen-bond acceptors (Lipinski definition) is 6. The van der Waals surface area contributed by atoms with E-state index in [1.807, 2.05) is 30.3 Å². The monoisotopic (exact) mass is 486 g/mol. The Morgan fingerprint density at radius 3 is 2.24 bits per heavy atom. The van der Waals surface area contributed by atoms with Crippen LogP contribution in [0.4, 0.5) is 5.69 Å². The van der Waals surface area contributed by atoms with Crippen molar-refractivity contribution >= 4 is 27.6 Å². The summed E-state index contributed by atoms with van der Waals surface area (Å²) in [5, 5.41) is 0. The molecule has 2 fully saturated rings. The van der Waals surface area contributed by atoms with Crippen LogP contribution in [0.15, 0.2) is 59.5 Å². The van der Waals surface area contributed by atoms with Crippen molar-refractivity contribution in [1.29, 1.82) is 0 Å². The minimum Gasteiger partial charge on any atom is -0.452 e. The van der Waals surface area contributed by atoms with Crippen molar-refractivity contribution in [2.24, 2.45) is 0 Å². The highest BCUT2D eigenvalue weighted by Crippen LogP contribution is 2.27. The van der Waals surface area contributed by atoms with Crippen molar-refractivity contribution in [2.75, 3.05) is 37.8 Å². The molecule has 8 nitrogen and oxygen atoms in total. The molecular formula is C25H30N2O6S. The zero-order valence-electron chi connectivity index (χ0n) is 19.1. The topological polar surface area (TPSA) is 93.2 Å². The normalized spacial score (nSPS) is 17.8. The summed E-state index contributed by atoms with van der Waals surface area (Å²) in [5.41, 5.74) is 0.991. The Morgan fingerprint density at radius 2 is 1.59 bits per heavy atom. The number of rotatable bonds is 7. The average Bonchev–Trinajstić information content (AvgIpc) is 2.89. The summed E-state index contributed by atoms with van der Waals surface area (Å²) in [6.07, 6.45) is 5.16. The summed E-state index contributed by atoms with van der Waals surface area (Å²) < 4.78 is 37.4. The van der Waals surface area contributed by atoms with Gasteiger partial charge in [-0.15, -0.1) is 0 Å². The molecule has 182 valence electrons. The lowest BCUT2D eigenvalue weighted by Crippen LogP contribution is -2.43. The quantitative estimate of drug-likeness (QED) is 0.558. The molecule has 0 spiro atoms. The van der Waals surface area contributed by atoms with E-state index in [0.717, 1.165) is 31.4 Å². The summed E-state index contributed by atoms with van der Waals surface area (Å²) in [5.74, 6) is -0.932. The van der Waals surface area contributed by atoms with Gasteiger partial charge in [0.15, 0.2) is 6.61 Å². The number of amides is 1. The fraction of sp³-hybridized carbons (Fsp3) is 0.440. The van der Waals surface area contributed by atoms with E-state index in [-0.39, 0.29) is 29.0 Å². The van der Waals surface area contributed by atoms with E-state index in [4.69, 9.17) is 9.47 Å². The van der Waals surface area contributed by atoms with E-state index in [0.29, 0.717) is 26.3 Å². The molecule has 34 heavy (non-hydrogen) atoms. The molecule has 0 N–H and O–H groups in total. The van der Waals surface area contributed by atoms with Crippen LogP contribution in [0.5, 0.6) is 0 Å². The molecule has 2 aromatic carbocycles. The van der Waals surface area contributed by atoms with Gasteiger partial charge in [-0.2, -0.15) is 4.31 Å². The molecule has 0 radical (unpaired) electrons. The number of para-hydroxylation sites is 1. The molecule has 1 aliphatic heterocycles. The fourth-order valence-electron chi connectivity index (χ4n) is 4.47. The van der Waals surface area contributed by atoms with E-state index >= 15 is 0 Å². The molecule has 2 aliphatic rings. The standard InChI is InChI=1S/C25H30N2O6S/c28-24(27(21-7-3-1-4-8-21)22-9-5-2-6-10-22)19-33-25(29)20-11-13-23(14-12-20)34(30,31)26-15-17-32-18-16-26/h1,3-4,7-8,11-14,22H,2,5-6,9-10,15-19H2. The first-order valence-electron chi connectivity index (χ1n) is 11.7. The van der Waals surface area contributed by atoms with Crippen LogP contribution in [0, 0.1) is 0 Å². The fourth-order valence-corrected chi connectivity index (χ4v) is 5.87. The highest BCUT2D eigenvalue weighted by molar-refractivity contribution is 7.89. The van der Waals surface area contributed by atoms with Gasteiger partial charge in [-0.3, -0.25) is 4.79 Å². The lowest BCUT2D eigenvalue weighted by Gasteiger charge is -2.34. The van der Waals surface area contributed by atoms with E-state index in [1.54, 1.807) is 4.90 Å². The largest absolute Gasteiger partial charge is 0.452 e. The van der Waals surface area contributed by atoms with Crippen LogP contribution in [0.1, 0.15) is 42.5 Å². The molecule has 1 saturated carbocycles. The van der Waals surface area contributed by atoms with Crippen molar-refractivity contribution < 1.29 is 27.5 Å². The predicted molar refractivity (Wildman–Crippen MR) is 127 cm³/mol. The van der Waals surface area contributed by atoms with Crippen molar-refractivity contribution in [2.45, 2.75) is 43.0 Å². The van der Waals surface area contributed by atoms with Crippen LogP contribution in [0.25, 0.3) is 0 Å². The van der Waals surface area contributed by atoms with Crippen LogP contribution < -0.4 is 4.90 Å². The molecule has 1 aliphatic carbocycles. The minimum atomic E-state index is -3.64. The molecule has 2 aromatic rings. The number of hydrogen-bond donors (Lipinski definition) is 0. The summed E-state index contributed by atoms with van der Waals surface area (Å²) in [6, 6.07) is 15.1. The van der Waals surface area contributed by atoms with Crippen molar-refractivity contribution in [3.05, 3.63) is 60.2 Å². The maximum atomic E-state index is 13.1. The van der Waals surface area contributed by atoms with Crippen LogP contribution in [0.3, 0.4) is 0 Å². The number of nitrogens with zero attached hydrogens (tertiary/aromatic N) is 2. The van der Waals surface area contributed by atoms with Gasteiger partial charge in [0, 0.05) is 24.8 Å². The predicted octanol–water partition coefficient (Wildman–Crippen LogP) is 3.23. The van der Waals surface area contributed by atoms with E-state index in [1.165, 1.54) is 35.0 Å². The zero-order chi connectivity index (χ0) is 24.0. The van der Waals surface area contributed by atoms with Gasteiger partial charge in [0.2, 0.25) is 10.0 Å². The summed E-state index contributed by atoms with van der Waals surface area (Å²) >= 11 is 0. The van der Waals surface area contributed by atoms with E-state index in [9.17, 15) is 18.0 Å². The summed E-state index contributed by atoms with van der Waals surface area (Å²) in [6.45, 7) is 0.940. The number of esters is 1. The number of benzene rings is 2. The molecule has 1 amide bonds. The minimum absolute atomic E-state index is 0.0898. The lowest BCUT2D eigenvalue weighted by molar-refractivity contribution is -0.122. The maximum absolute atomic E-state index is 13.1. The maximum Gasteiger partial charge on any atom is 0.338 e. The van der Waals surface area contributed by atoms with Gasteiger partial charge in [-0.1, -0.05) is 37.5 Å². The van der Waals surface area contributed by atoms with E-state index < -0.39 is 16.0 Å². The van der Waals surface area contributed by atoms with Crippen LogP contribution in [0.2, 0.25) is 0 Å². The third kappa shape index (κ3) is 5.65. The summed E-state index contributed by atoms with van der Waals surface area (Å²) in [4.78, 5) is 27.5. The molecular weight excluding hydrogens is 456 g/mol. The zero-order valence-corrected chi connectivity index (χ0v) is 19.9. The molecule has 1 heterocycles. The van der Waals surface area contributed by atoms with Gasteiger partial charge in [0.05, 0.1) is 23.7 Å². The molecule has 0 aromatic heterocycles. The SMILES string of the molecule is O=C(OCC(=O)N(c1ccccc1)C1CCCCC1)c1ccc(S(=O)(=O)N2CCOCC2)cc1. The smallest absolute Gasteiger partial charge is 0.338 e. The first-order chi connectivity index (χ1) is 16.5. The Kier molecular flexibility index (Phi) is 7.97. The number of carbonyl (C=O) groups is 2. The van der Waals surface area contributed by atoms with Gasteiger partial charge in [-0.25, -0.2) is 13.2 Å². The number of ether oxygens (including phenoxy) is 2. The Bertz CT molecular complexity index is 1080. The molecule has 9 heteroatoms. The number of sulfonamides is 1. The van der Waals surface area contributed by atoms with Gasteiger partial charge >= 0.3 is 5.97 Å². The van der Waals surface area contributed by atoms with Crippen molar-refractivity contribution in [3.63, 3.8) is 0 Å². The molecule has 0 bridgehead atoms. The Hall–Kier alpha value is -2.75. The van der Waals surface area contributed by atoms with Crippen LogP contribution >= 0.6 is 0 Å². The first kappa shape index (κ1) is 24.4. The molecule has 0 atom stereocenters. The second-order valence-corrected chi connectivity index (χ2v) is 10.4. The highest BCUT2D eigenvalue weighted by atomic mass is 32.2. The highest BCUT2D eigenvalue weighted by Gasteiger charge is 2.28. The number of carbonyl (C=O) groups excluding carboxylic acids is 2. The van der Waals surface area contributed by atoms with Crippen LogP contribution in [-0.2, 0) is 24.3 Å². The Morgan fingerprint density at radius 1 is 0.941 bits per heavy atom. The molecule has 1 saturated heterocycles.